The third-order valence-corrected chi connectivity index (χ3v) is 3.48. The molecule has 0 rings (SSSR count). The largest absolute Gasteiger partial charge is 0.284 e. The van der Waals surface area contributed by atoms with Crippen LogP contribution in [0.3, 0.4) is 0 Å². The van der Waals surface area contributed by atoms with Gasteiger partial charge in [-0.2, -0.15) is 0 Å². The van der Waals surface area contributed by atoms with Crippen LogP contribution >= 0.6 is 12.4 Å². The summed E-state index contributed by atoms with van der Waals surface area (Å²) in [6.45, 7) is 25.0. The topological polar surface area (TPSA) is 3.24 Å². The first-order valence-corrected chi connectivity index (χ1v) is 5.93. The van der Waals surface area contributed by atoms with Gasteiger partial charge in [0.15, 0.2) is 0 Å². The minimum absolute atomic E-state index is 0. The van der Waals surface area contributed by atoms with Gasteiger partial charge in [0.2, 0.25) is 0 Å². The molecular weight excluding hydrogens is 230 g/mol. The van der Waals surface area contributed by atoms with Crippen molar-refractivity contribution in [3.05, 3.63) is 36.5 Å². The average Bonchev–Trinajstić information content (AvgIpc) is 2.16. The molecule has 0 amide bonds. The van der Waals surface area contributed by atoms with Gasteiger partial charge in [0, 0.05) is 18.1 Å². The van der Waals surface area contributed by atoms with Crippen molar-refractivity contribution in [3.8, 4) is 0 Å². The minimum Gasteiger partial charge on any atom is -0.284 e. The molecule has 3 unspecified atom stereocenters. The molecule has 0 radical (unpaired) electrons. The van der Waals surface area contributed by atoms with Crippen LogP contribution in [-0.2, 0) is 0 Å². The van der Waals surface area contributed by atoms with E-state index in [-0.39, 0.29) is 12.4 Å². The molecule has 0 spiro atoms. The van der Waals surface area contributed by atoms with Gasteiger partial charge < -0.3 is 0 Å². The van der Waals surface area contributed by atoms with Crippen LogP contribution in [0, 0.1) is 0 Å². The molecule has 0 aliphatic heterocycles. The third-order valence-electron chi connectivity index (χ3n) is 3.48. The molecule has 0 aliphatic carbocycles. The Morgan fingerprint density at radius 2 is 0.882 bits per heavy atom. The highest BCUT2D eigenvalue weighted by Gasteiger charge is 2.26. The molecule has 17 heavy (non-hydrogen) atoms. The predicted molar refractivity (Wildman–Crippen MR) is 81.9 cm³/mol. The molecule has 0 aromatic heterocycles. The van der Waals surface area contributed by atoms with Crippen molar-refractivity contribution < 1.29 is 0 Å². The number of halogens is 1. The van der Waals surface area contributed by atoms with Gasteiger partial charge in [-0.25, -0.2) is 0 Å². The summed E-state index contributed by atoms with van der Waals surface area (Å²) in [6.07, 6.45) is 0. The van der Waals surface area contributed by atoms with Crippen molar-refractivity contribution >= 4 is 12.4 Å². The van der Waals surface area contributed by atoms with E-state index >= 15 is 0 Å². The van der Waals surface area contributed by atoms with E-state index in [1.807, 2.05) is 0 Å². The summed E-state index contributed by atoms with van der Waals surface area (Å²) in [5.41, 5.74) is 3.55. The van der Waals surface area contributed by atoms with E-state index in [0.717, 1.165) is 0 Å². The fraction of sp³-hybridized carbons (Fsp3) is 0.600. The average molecular weight is 258 g/mol. The fourth-order valence-corrected chi connectivity index (χ4v) is 1.77. The molecule has 2 heteroatoms. The molecular formula is C15H28ClN. The number of hydrogen-bond donors (Lipinski definition) is 0. The Kier molecular flexibility index (Phi) is 8.56. The molecule has 0 fully saturated rings. The maximum Gasteiger partial charge on any atom is 0.0285 e. The standard InChI is InChI=1S/C15H27N.ClH/c1-10(2)13(7)16(14(8)11(3)4)15(9)12(5)6;/h13-15H,1,3,5H2,2,4,6-9H3;1H. The Labute approximate surface area is 114 Å². The lowest BCUT2D eigenvalue weighted by molar-refractivity contribution is 0.160. The molecule has 0 aromatic rings. The van der Waals surface area contributed by atoms with Crippen LogP contribution in [0.25, 0.3) is 0 Å². The minimum atomic E-state index is 0. The summed E-state index contributed by atoms with van der Waals surface area (Å²) in [6, 6.07) is 1.04. The lowest BCUT2D eigenvalue weighted by atomic mass is 9.99. The first-order valence-electron chi connectivity index (χ1n) is 5.93. The smallest absolute Gasteiger partial charge is 0.0285 e. The Hall–Kier alpha value is -0.530. The lowest BCUT2D eigenvalue weighted by Gasteiger charge is -2.40. The number of nitrogens with zero attached hydrogens (tertiary/aromatic N) is 1. The van der Waals surface area contributed by atoms with E-state index in [2.05, 4.69) is 66.2 Å². The first kappa shape index (κ1) is 18.8. The van der Waals surface area contributed by atoms with Crippen molar-refractivity contribution in [3.63, 3.8) is 0 Å². The summed E-state index contributed by atoms with van der Waals surface area (Å²) >= 11 is 0. The summed E-state index contributed by atoms with van der Waals surface area (Å²) in [5.74, 6) is 0. The van der Waals surface area contributed by atoms with Crippen LogP contribution in [0.5, 0.6) is 0 Å². The summed E-state index contributed by atoms with van der Waals surface area (Å²) in [5, 5.41) is 0. The van der Waals surface area contributed by atoms with Crippen LogP contribution in [0.4, 0.5) is 0 Å². The van der Waals surface area contributed by atoms with Crippen LogP contribution in [0.15, 0.2) is 36.5 Å². The van der Waals surface area contributed by atoms with Gasteiger partial charge in [0.1, 0.15) is 0 Å². The molecule has 0 saturated heterocycles. The van der Waals surface area contributed by atoms with Crippen molar-refractivity contribution in [1.82, 2.24) is 4.90 Å². The molecule has 0 aliphatic rings. The second-order valence-corrected chi connectivity index (χ2v) is 5.01. The highest BCUT2D eigenvalue weighted by molar-refractivity contribution is 5.85. The number of hydrogen-bond acceptors (Lipinski definition) is 1. The predicted octanol–water partition coefficient (Wildman–Crippen LogP) is 4.60. The zero-order valence-electron chi connectivity index (χ0n) is 12.2. The lowest BCUT2D eigenvalue weighted by Crippen LogP contribution is -2.47. The van der Waals surface area contributed by atoms with Crippen LogP contribution < -0.4 is 0 Å². The molecule has 0 saturated carbocycles. The van der Waals surface area contributed by atoms with Gasteiger partial charge in [-0.3, -0.25) is 4.90 Å². The van der Waals surface area contributed by atoms with Crippen molar-refractivity contribution in [2.24, 2.45) is 0 Å². The zero-order chi connectivity index (χ0) is 13.0. The molecule has 3 atom stereocenters. The van der Waals surface area contributed by atoms with E-state index in [4.69, 9.17) is 0 Å². The summed E-state index contributed by atoms with van der Waals surface area (Å²) < 4.78 is 0. The van der Waals surface area contributed by atoms with Crippen molar-refractivity contribution in [2.45, 2.75) is 59.7 Å². The Morgan fingerprint density at radius 3 is 1.00 bits per heavy atom. The van der Waals surface area contributed by atoms with E-state index in [1.54, 1.807) is 0 Å². The van der Waals surface area contributed by atoms with Crippen LogP contribution in [-0.4, -0.2) is 23.0 Å². The molecule has 0 bridgehead atoms. The van der Waals surface area contributed by atoms with Crippen molar-refractivity contribution in [1.29, 1.82) is 0 Å². The van der Waals surface area contributed by atoms with E-state index in [0.29, 0.717) is 18.1 Å². The van der Waals surface area contributed by atoms with Gasteiger partial charge in [-0.1, -0.05) is 36.5 Å². The van der Waals surface area contributed by atoms with E-state index in [1.165, 1.54) is 16.7 Å². The highest BCUT2D eigenvalue weighted by Crippen LogP contribution is 2.22. The van der Waals surface area contributed by atoms with E-state index in [9.17, 15) is 0 Å². The van der Waals surface area contributed by atoms with Gasteiger partial charge in [-0.05, 0) is 41.5 Å². The SMILES string of the molecule is C=C(C)C(C)N(C(C)C(=C)C)C(C)C(=C)C.Cl. The normalized spacial score (nSPS) is 15.7. The monoisotopic (exact) mass is 257 g/mol. The maximum absolute atomic E-state index is 4.06. The second-order valence-electron chi connectivity index (χ2n) is 5.01. The van der Waals surface area contributed by atoms with Crippen molar-refractivity contribution in [2.75, 3.05) is 0 Å². The third kappa shape index (κ3) is 5.10. The quantitative estimate of drug-likeness (QED) is 0.629. The van der Waals surface area contributed by atoms with Gasteiger partial charge in [-0.15, -0.1) is 12.4 Å². The highest BCUT2D eigenvalue weighted by atomic mass is 35.5. The van der Waals surface area contributed by atoms with Gasteiger partial charge in [0.25, 0.3) is 0 Å². The Bertz CT molecular complexity index is 246. The van der Waals surface area contributed by atoms with Crippen LogP contribution in [0.2, 0.25) is 0 Å². The number of rotatable bonds is 6. The van der Waals surface area contributed by atoms with E-state index < -0.39 is 0 Å². The Balaban J connectivity index is 0. The zero-order valence-corrected chi connectivity index (χ0v) is 13.0. The molecule has 1 nitrogen and oxygen atoms in total. The Morgan fingerprint density at radius 1 is 0.706 bits per heavy atom. The van der Waals surface area contributed by atoms with Gasteiger partial charge in [0.05, 0.1) is 0 Å². The first-order chi connectivity index (χ1) is 7.20. The maximum atomic E-state index is 4.06. The van der Waals surface area contributed by atoms with Crippen LogP contribution in [0.1, 0.15) is 41.5 Å². The molecule has 0 aromatic carbocycles. The summed E-state index contributed by atoms with van der Waals surface area (Å²) in [7, 11) is 0. The summed E-state index contributed by atoms with van der Waals surface area (Å²) in [4.78, 5) is 2.42. The van der Waals surface area contributed by atoms with Gasteiger partial charge >= 0.3 is 0 Å². The fourth-order valence-electron chi connectivity index (χ4n) is 1.77. The molecule has 0 heterocycles. The second kappa shape index (κ2) is 7.73. The molecule has 0 N–H and O–H groups in total. The molecule has 100 valence electrons.